The van der Waals surface area contributed by atoms with Crippen LogP contribution in [0.5, 0.6) is 11.5 Å². The Hall–Kier alpha value is -0.856. The number of hydrogen-bond donors (Lipinski definition) is 0. The van der Waals surface area contributed by atoms with Gasteiger partial charge in [-0.3, -0.25) is 4.98 Å². The van der Waals surface area contributed by atoms with Gasteiger partial charge in [0.15, 0.2) is 14.1 Å². The Labute approximate surface area is 188 Å². The molecule has 0 saturated heterocycles. The quantitative estimate of drug-likeness (QED) is 0.192. The molecular weight excluding hydrogens is 406 g/mol. The second kappa shape index (κ2) is 13.5. The molecule has 0 bridgehead atoms. The molecule has 6 heteroatoms. The van der Waals surface area contributed by atoms with E-state index in [1.54, 1.807) is 7.11 Å². The summed E-state index contributed by atoms with van der Waals surface area (Å²) in [4.78, 5) is 4.74. The fourth-order valence-electron chi connectivity index (χ4n) is 3.50. The molecule has 0 N–H and O–H groups in total. The van der Waals surface area contributed by atoms with E-state index in [1.165, 1.54) is 57.8 Å². The van der Waals surface area contributed by atoms with Crippen LogP contribution in [-0.2, 0) is 10.8 Å². The first-order chi connectivity index (χ1) is 14.0. The molecule has 0 aromatic carbocycles. The third kappa shape index (κ3) is 12.8. The summed E-state index contributed by atoms with van der Waals surface area (Å²) in [6, 6.07) is 2.09. The number of rotatable bonds is 16. The SMILES string of the molecule is COc1c(O[Si](C)(C)C)cc(CCCCCCCCCCCO[Si](C)(C)C)nc1C. The number of aromatic nitrogens is 1. The van der Waals surface area contributed by atoms with E-state index in [0.29, 0.717) is 0 Å². The van der Waals surface area contributed by atoms with Crippen molar-refractivity contribution in [2.24, 2.45) is 0 Å². The molecule has 0 aliphatic rings. The number of hydrogen-bond acceptors (Lipinski definition) is 4. The largest absolute Gasteiger partial charge is 0.542 e. The minimum absolute atomic E-state index is 0.785. The summed E-state index contributed by atoms with van der Waals surface area (Å²) in [5, 5.41) is 0. The monoisotopic (exact) mass is 453 g/mol. The summed E-state index contributed by atoms with van der Waals surface area (Å²) in [5.74, 6) is 1.66. The highest BCUT2D eigenvalue weighted by Crippen LogP contribution is 2.32. The third-order valence-corrected chi connectivity index (χ3v) is 6.80. The van der Waals surface area contributed by atoms with Gasteiger partial charge in [-0.25, -0.2) is 0 Å². The zero-order valence-corrected chi connectivity index (χ0v) is 23.0. The zero-order valence-electron chi connectivity index (χ0n) is 21.0. The first-order valence-corrected chi connectivity index (χ1v) is 18.7. The van der Waals surface area contributed by atoms with Gasteiger partial charge in [0.05, 0.1) is 12.8 Å². The lowest BCUT2D eigenvalue weighted by atomic mass is 10.1. The number of aryl methyl sites for hydroxylation is 2. The zero-order chi connectivity index (χ0) is 22.6. The number of ether oxygens (including phenoxy) is 1. The third-order valence-electron chi connectivity index (χ3n) is 4.89. The summed E-state index contributed by atoms with van der Waals surface area (Å²) >= 11 is 0. The molecule has 0 atom stereocenters. The Balaban J connectivity index is 2.19. The molecule has 0 fully saturated rings. The molecule has 1 aromatic heterocycles. The van der Waals surface area contributed by atoms with Gasteiger partial charge in [-0.15, -0.1) is 0 Å². The Morgan fingerprint density at radius 1 is 0.767 bits per heavy atom. The Kier molecular flexibility index (Phi) is 12.3. The van der Waals surface area contributed by atoms with Gasteiger partial charge in [0.25, 0.3) is 0 Å². The minimum atomic E-state index is -1.68. The van der Waals surface area contributed by atoms with Gasteiger partial charge in [-0.1, -0.05) is 44.9 Å². The van der Waals surface area contributed by atoms with E-state index < -0.39 is 16.6 Å². The molecule has 1 aromatic rings. The highest BCUT2D eigenvalue weighted by molar-refractivity contribution is 6.70. The van der Waals surface area contributed by atoms with Crippen LogP contribution in [0.3, 0.4) is 0 Å². The maximum atomic E-state index is 6.24. The molecule has 4 nitrogen and oxygen atoms in total. The molecule has 0 unspecified atom stereocenters. The van der Waals surface area contributed by atoms with Crippen LogP contribution in [0.2, 0.25) is 39.3 Å². The summed E-state index contributed by atoms with van der Waals surface area (Å²) in [6.07, 6.45) is 12.8. The van der Waals surface area contributed by atoms with Crippen LogP contribution in [0.4, 0.5) is 0 Å². The Morgan fingerprint density at radius 3 is 1.80 bits per heavy atom. The summed E-state index contributed by atoms with van der Waals surface area (Å²) in [5.41, 5.74) is 2.06. The maximum Gasteiger partial charge on any atom is 0.242 e. The van der Waals surface area contributed by atoms with Gasteiger partial charge in [0.1, 0.15) is 5.75 Å². The first-order valence-electron chi connectivity index (χ1n) is 11.9. The number of pyridine rings is 1. The lowest BCUT2D eigenvalue weighted by Gasteiger charge is -2.22. The van der Waals surface area contributed by atoms with Gasteiger partial charge in [0.2, 0.25) is 8.32 Å². The molecule has 174 valence electrons. The van der Waals surface area contributed by atoms with Crippen LogP contribution in [0.25, 0.3) is 0 Å². The molecule has 1 heterocycles. The van der Waals surface area contributed by atoms with E-state index >= 15 is 0 Å². The van der Waals surface area contributed by atoms with Crippen LogP contribution >= 0.6 is 0 Å². The molecule has 0 aliphatic carbocycles. The van der Waals surface area contributed by atoms with Crippen LogP contribution in [-0.4, -0.2) is 35.3 Å². The van der Waals surface area contributed by atoms with Crippen LogP contribution in [0.15, 0.2) is 6.07 Å². The second-order valence-electron chi connectivity index (χ2n) is 10.3. The fraction of sp³-hybridized carbons (Fsp3) is 0.792. The normalized spacial score (nSPS) is 12.3. The first kappa shape index (κ1) is 27.2. The average molecular weight is 454 g/mol. The van der Waals surface area contributed by atoms with Crippen molar-refractivity contribution in [3.05, 3.63) is 17.5 Å². The molecule has 1 rings (SSSR count). The van der Waals surface area contributed by atoms with E-state index in [0.717, 1.165) is 35.9 Å². The van der Waals surface area contributed by atoms with E-state index in [2.05, 4.69) is 45.3 Å². The minimum Gasteiger partial charge on any atom is -0.542 e. The van der Waals surface area contributed by atoms with Crippen molar-refractivity contribution in [1.29, 1.82) is 0 Å². The standard InChI is InChI=1S/C24H47NO3Si2/c1-21-24(26-2)23(28-30(6,7)8)20-22(25-21)18-16-14-12-10-9-11-13-15-17-19-27-29(3,4)5/h20H,9-19H2,1-8H3. The topological polar surface area (TPSA) is 40.6 Å². The lowest BCUT2D eigenvalue weighted by Crippen LogP contribution is -2.29. The Bertz CT molecular complexity index is 610. The van der Waals surface area contributed by atoms with Crippen LogP contribution < -0.4 is 9.16 Å². The highest BCUT2D eigenvalue weighted by atomic mass is 28.4. The molecular formula is C24H47NO3Si2. The average Bonchev–Trinajstić information content (AvgIpc) is 2.60. The number of unbranched alkanes of at least 4 members (excludes halogenated alkanes) is 8. The molecule has 0 aliphatic heterocycles. The van der Waals surface area contributed by atoms with Crippen molar-refractivity contribution in [2.75, 3.05) is 13.7 Å². The van der Waals surface area contributed by atoms with Crippen molar-refractivity contribution in [3.8, 4) is 11.5 Å². The summed E-state index contributed by atoms with van der Waals surface area (Å²) < 4.78 is 17.7. The summed E-state index contributed by atoms with van der Waals surface area (Å²) in [6.45, 7) is 16.3. The van der Waals surface area contributed by atoms with E-state index in [-0.39, 0.29) is 0 Å². The fourth-order valence-corrected chi connectivity index (χ4v) is 5.07. The molecule has 0 amide bonds. The van der Waals surface area contributed by atoms with Gasteiger partial charge in [0, 0.05) is 18.4 Å². The molecule has 0 saturated carbocycles. The number of methoxy groups -OCH3 is 1. The van der Waals surface area contributed by atoms with Crippen molar-refractivity contribution >= 4 is 16.6 Å². The predicted octanol–water partition coefficient (Wildman–Crippen LogP) is 7.52. The van der Waals surface area contributed by atoms with Crippen LogP contribution in [0.1, 0.15) is 69.2 Å². The van der Waals surface area contributed by atoms with E-state index in [9.17, 15) is 0 Å². The van der Waals surface area contributed by atoms with E-state index in [4.69, 9.17) is 18.6 Å². The second-order valence-corrected chi connectivity index (χ2v) is 19.3. The molecule has 0 spiro atoms. The lowest BCUT2D eigenvalue weighted by molar-refractivity contribution is 0.298. The van der Waals surface area contributed by atoms with E-state index in [1.807, 2.05) is 6.92 Å². The smallest absolute Gasteiger partial charge is 0.242 e. The van der Waals surface area contributed by atoms with Crippen molar-refractivity contribution < 1.29 is 13.6 Å². The van der Waals surface area contributed by atoms with Crippen molar-refractivity contribution in [3.63, 3.8) is 0 Å². The Morgan fingerprint density at radius 2 is 1.30 bits per heavy atom. The maximum absolute atomic E-state index is 6.24. The summed E-state index contributed by atoms with van der Waals surface area (Å²) in [7, 11) is -1.30. The van der Waals surface area contributed by atoms with Crippen molar-refractivity contribution in [2.45, 2.75) is 110 Å². The van der Waals surface area contributed by atoms with Gasteiger partial charge in [-0.2, -0.15) is 0 Å². The predicted molar refractivity (Wildman–Crippen MR) is 134 cm³/mol. The molecule has 0 radical (unpaired) electrons. The van der Waals surface area contributed by atoms with Crippen LogP contribution in [0, 0.1) is 6.92 Å². The molecule has 30 heavy (non-hydrogen) atoms. The van der Waals surface area contributed by atoms with Gasteiger partial charge >= 0.3 is 0 Å². The highest BCUT2D eigenvalue weighted by Gasteiger charge is 2.21. The van der Waals surface area contributed by atoms with Gasteiger partial charge in [-0.05, 0) is 65.5 Å². The number of nitrogens with zero attached hydrogens (tertiary/aromatic N) is 1. The van der Waals surface area contributed by atoms with Crippen molar-refractivity contribution in [1.82, 2.24) is 4.98 Å². The van der Waals surface area contributed by atoms with Gasteiger partial charge < -0.3 is 13.6 Å².